The molecule has 1 aromatic rings. The van der Waals surface area contributed by atoms with Crippen LogP contribution in [0.25, 0.3) is 6.08 Å². The fourth-order valence-corrected chi connectivity index (χ4v) is 2.03. The zero-order chi connectivity index (χ0) is 14.7. The van der Waals surface area contributed by atoms with Gasteiger partial charge in [-0.05, 0) is 42.9 Å². The van der Waals surface area contributed by atoms with Crippen molar-refractivity contribution in [3.8, 4) is 11.5 Å². The van der Waals surface area contributed by atoms with Crippen LogP contribution in [0.2, 0.25) is 0 Å². The highest BCUT2D eigenvalue weighted by molar-refractivity contribution is 7.80. The summed E-state index contributed by atoms with van der Waals surface area (Å²) in [5, 5.41) is 3.28. The van der Waals surface area contributed by atoms with Crippen molar-refractivity contribution in [3.05, 3.63) is 29.5 Å². The third-order valence-electron chi connectivity index (χ3n) is 2.88. The number of thiocarbonyl (C=S) groups is 1. The van der Waals surface area contributed by atoms with Crippen LogP contribution in [-0.2, 0) is 4.79 Å². The van der Waals surface area contributed by atoms with Gasteiger partial charge >= 0.3 is 0 Å². The van der Waals surface area contributed by atoms with Gasteiger partial charge in [0.1, 0.15) is 5.70 Å². The van der Waals surface area contributed by atoms with Crippen LogP contribution in [0.4, 0.5) is 0 Å². The summed E-state index contributed by atoms with van der Waals surface area (Å²) in [4.78, 5) is 13.3. The van der Waals surface area contributed by atoms with Crippen molar-refractivity contribution in [1.82, 2.24) is 10.2 Å². The summed E-state index contributed by atoms with van der Waals surface area (Å²) < 4.78 is 10.7. The Bertz CT molecular complexity index is 584. The molecule has 0 aromatic heterocycles. The molecule has 1 aliphatic rings. The number of hydrogen-bond acceptors (Lipinski definition) is 4. The van der Waals surface area contributed by atoms with Gasteiger partial charge in [-0.2, -0.15) is 0 Å². The zero-order valence-electron chi connectivity index (χ0n) is 11.6. The van der Waals surface area contributed by atoms with Gasteiger partial charge in [0, 0.05) is 7.05 Å². The summed E-state index contributed by atoms with van der Waals surface area (Å²) in [6.07, 6.45) is 1.73. The summed E-state index contributed by atoms with van der Waals surface area (Å²) >= 11 is 5.02. The van der Waals surface area contributed by atoms with E-state index in [1.165, 1.54) is 4.90 Å². The molecule has 6 heteroatoms. The van der Waals surface area contributed by atoms with E-state index < -0.39 is 0 Å². The molecule has 1 saturated heterocycles. The molecule has 0 aliphatic carbocycles. The molecule has 0 spiro atoms. The number of carbonyl (C=O) groups excluding carboxylic acids is 1. The molecular formula is C14H16N2O3S. The first-order chi connectivity index (χ1) is 9.56. The van der Waals surface area contributed by atoms with E-state index in [0.717, 1.165) is 5.56 Å². The number of carbonyl (C=O) groups is 1. The first-order valence-corrected chi connectivity index (χ1v) is 6.59. The number of hydrogen-bond donors (Lipinski definition) is 1. The molecule has 1 N–H and O–H groups in total. The SMILES string of the molecule is CCOc1ccc(C=C2NC(=S)N(C)C2=O)cc1OC. The van der Waals surface area contributed by atoms with Crippen LogP contribution >= 0.6 is 12.2 Å². The highest BCUT2D eigenvalue weighted by Crippen LogP contribution is 2.29. The quantitative estimate of drug-likeness (QED) is 0.677. The molecule has 2 rings (SSSR count). The smallest absolute Gasteiger partial charge is 0.276 e. The molecule has 1 aliphatic heterocycles. The van der Waals surface area contributed by atoms with Gasteiger partial charge in [-0.15, -0.1) is 0 Å². The zero-order valence-corrected chi connectivity index (χ0v) is 12.4. The van der Waals surface area contributed by atoms with Gasteiger partial charge < -0.3 is 14.8 Å². The molecule has 0 saturated carbocycles. The topological polar surface area (TPSA) is 50.8 Å². The van der Waals surface area contributed by atoms with E-state index in [1.807, 2.05) is 25.1 Å². The molecule has 0 radical (unpaired) electrons. The average Bonchev–Trinajstić information content (AvgIpc) is 2.68. The van der Waals surface area contributed by atoms with Gasteiger partial charge in [0.05, 0.1) is 13.7 Å². The van der Waals surface area contributed by atoms with Crippen LogP contribution in [-0.4, -0.2) is 36.7 Å². The number of likely N-dealkylation sites (N-methyl/N-ethyl adjacent to an activating group) is 1. The number of nitrogens with one attached hydrogen (secondary N) is 1. The average molecular weight is 292 g/mol. The molecule has 0 unspecified atom stereocenters. The van der Waals surface area contributed by atoms with Crippen LogP contribution in [0.15, 0.2) is 23.9 Å². The van der Waals surface area contributed by atoms with Gasteiger partial charge in [-0.1, -0.05) is 6.07 Å². The molecule has 0 bridgehead atoms. The fourth-order valence-electron chi connectivity index (χ4n) is 1.84. The number of benzene rings is 1. The molecular weight excluding hydrogens is 276 g/mol. The number of nitrogens with zero attached hydrogens (tertiary/aromatic N) is 1. The van der Waals surface area contributed by atoms with Crippen molar-refractivity contribution in [2.75, 3.05) is 20.8 Å². The normalized spacial score (nSPS) is 16.6. The lowest BCUT2D eigenvalue weighted by atomic mass is 10.1. The maximum Gasteiger partial charge on any atom is 0.276 e. The molecule has 1 amide bonds. The Labute approximate surface area is 123 Å². The van der Waals surface area contributed by atoms with E-state index in [4.69, 9.17) is 21.7 Å². The molecule has 1 aromatic carbocycles. The van der Waals surface area contributed by atoms with Crippen LogP contribution in [0.1, 0.15) is 12.5 Å². The highest BCUT2D eigenvalue weighted by Gasteiger charge is 2.26. The van der Waals surface area contributed by atoms with Crippen LogP contribution < -0.4 is 14.8 Å². The predicted octanol–water partition coefficient (Wildman–Crippen LogP) is 1.78. The number of amides is 1. The maximum atomic E-state index is 11.9. The molecule has 5 nitrogen and oxygen atoms in total. The highest BCUT2D eigenvalue weighted by atomic mass is 32.1. The first kappa shape index (κ1) is 14.3. The summed E-state index contributed by atoms with van der Waals surface area (Å²) in [7, 11) is 3.22. The lowest BCUT2D eigenvalue weighted by Crippen LogP contribution is -2.25. The standard InChI is InChI=1S/C14H16N2O3S/c1-4-19-11-6-5-9(8-12(11)18-3)7-10-13(17)16(2)14(20)15-10/h5-8H,4H2,1-3H3,(H,15,20). The summed E-state index contributed by atoms with van der Waals surface area (Å²) in [5.74, 6) is 1.15. The van der Waals surface area contributed by atoms with E-state index in [0.29, 0.717) is 28.9 Å². The van der Waals surface area contributed by atoms with Gasteiger partial charge in [-0.3, -0.25) is 9.69 Å². The Morgan fingerprint density at radius 1 is 1.40 bits per heavy atom. The lowest BCUT2D eigenvalue weighted by molar-refractivity contribution is -0.121. The minimum absolute atomic E-state index is 0.150. The second-order valence-electron chi connectivity index (χ2n) is 4.20. The van der Waals surface area contributed by atoms with E-state index in [2.05, 4.69) is 5.32 Å². The molecule has 1 fully saturated rings. The van der Waals surface area contributed by atoms with Crippen molar-refractivity contribution in [1.29, 1.82) is 0 Å². The largest absolute Gasteiger partial charge is 0.493 e. The fraction of sp³-hybridized carbons (Fsp3) is 0.286. The van der Waals surface area contributed by atoms with E-state index in [1.54, 1.807) is 20.2 Å². The Hall–Kier alpha value is -2.08. The first-order valence-electron chi connectivity index (χ1n) is 6.18. The van der Waals surface area contributed by atoms with Gasteiger partial charge in [-0.25, -0.2) is 0 Å². The van der Waals surface area contributed by atoms with E-state index >= 15 is 0 Å². The van der Waals surface area contributed by atoms with E-state index in [-0.39, 0.29) is 5.91 Å². The summed E-state index contributed by atoms with van der Waals surface area (Å²) in [6, 6.07) is 5.49. The van der Waals surface area contributed by atoms with Crippen molar-refractivity contribution in [2.24, 2.45) is 0 Å². The number of methoxy groups -OCH3 is 1. The van der Waals surface area contributed by atoms with Crippen molar-refractivity contribution >= 4 is 29.3 Å². The summed E-state index contributed by atoms with van der Waals surface area (Å²) in [6.45, 7) is 2.48. The van der Waals surface area contributed by atoms with Gasteiger partial charge in [0.2, 0.25) is 0 Å². The minimum atomic E-state index is -0.150. The predicted molar refractivity (Wildman–Crippen MR) is 80.6 cm³/mol. The van der Waals surface area contributed by atoms with Crippen LogP contribution in [0, 0.1) is 0 Å². The second-order valence-corrected chi connectivity index (χ2v) is 4.58. The van der Waals surface area contributed by atoms with Crippen molar-refractivity contribution < 1.29 is 14.3 Å². The molecule has 20 heavy (non-hydrogen) atoms. The molecule has 106 valence electrons. The summed E-state index contributed by atoms with van der Waals surface area (Å²) in [5.41, 5.74) is 1.28. The van der Waals surface area contributed by atoms with Crippen LogP contribution in [0.5, 0.6) is 11.5 Å². The molecule has 0 atom stereocenters. The third kappa shape index (κ3) is 2.75. The van der Waals surface area contributed by atoms with E-state index in [9.17, 15) is 4.79 Å². The van der Waals surface area contributed by atoms with Crippen LogP contribution in [0.3, 0.4) is 0 Å². The maximum absolute atomic E-state index is 11.9. The minimum Gasteiger partial charge on any atom is -0.493 e. The van der Waals surface area contributed by atoms with Crippen molar-refractivity contribution in [2.45, 2.75) is 6.92 Å². The van der Waals surface area contributed by atoms with Gasteiger partial charge in [0.25, 0.3) is 5.91 Å². The van der Waals surface area contributed by atoms with Crippen molar-refractivity contribution in [3.63, 3.8) is 0 Å². The lowest BCUT2D eigenvalue weighted by Gasteiger charge is -2.09. The number of rotatable bonds is 4. The number of ether oxygens (including phenoxy) is 2. The third-order valence-corrected chi connectivity index (χ3v) is 3.26. The Morgan fingerprint density at radius 2 is 2.15 bits per heavy atom. The Kier molecular flexibility index (Phi) is 4.24. The Morgan fingerprint density at radius 3 is 2.70 bits per heavy atom. The van der Waals surface area contributed by atoms with Gasteiger partial charge in [0.15, 0.2) is 16.6 Å². The Balaban J connectivity index is 2.30. The molecule has 1 heterocycles. The monoisotopic (exact) mass is 292 g/mol. The second kappa shape index (κ2) is 5.92.